The summed E-state index contributed by atoms with van der Waals surface area (Å²) in [6, 6.07) is 5.24. The van der Waals surface area contributed by atoms with Gasteiger partial charge in [-0.2, -0.15) is 0 Å². The summed E-state index contributed by atoms with van der Waals surface area (Å²) in [6.45, 7) is -0.490. The topological polar surface area (TPSA) is 118 Å². The Kier molecular flexibility index (Phi) is 6.17. The highest BCUT2D eigenvalue weighted by Gasteiger charge is 2.44. The number of ether oxygens (including phenoxy) is 4. The predicted molar refractivity (Wildman–Crippen MR) is 78.1 cm³/mol. The van der Waals surface area contributed by atoms with E-state index in [0.717, 1.165) is 0 Å². The van der Waals surface area contributed by atoms with E-state index in [1.54, 1.807) is 18.2 Å². The van der Waals surface area contributed by atoms with Crippen molar-refractivity contribution in [3.8, 4) is 11.5 Å². The molecule has 130 valence electrons. The number of rotatable bonds is 6. The SMILES string of the molecule is COc1cccc(CO[C@@H]2O[C@H](CO)[C@@H](O)[C@H](O)[C@H]2O)c1OC. The molecule has 0 bridgehead atoms. The van der Waals surface area contributed by atoms with Crippen molar-refractivity contribution in [2.24, 2.45) is 0 Å². The lowest BCUT2D eigenvalue weighted by atomic mass is 9.99. The normalized spacial score (nSPS) is 31.0. The lowest BCUT2D eigenvalue weighted by Crippen LogP contribution is -2.59. The molecule has 5 atom stereocenters. The number of methoxy groups -OCH3 is 2. The monoisotopic (exact) mass is 330 g/mol. The van der Waals surface area contributed by atoms with Crippen LogP contribution in [-0.2, 0) is 16.1 Å². The molecule has 0 radical (unpaired) electrons. The Morgan fingerprint density at radius 2 is 1.78 bits per heavy atom. The minimum atomic E-state index is -1.47. The molecule has 1 aromatic carbocycles. The van der Waals surface area contributed by atoms with E-state index in [1.165, 1.54) is 14.2 Å². The second kappa shape index (κ2) is 7.91. The van der Waals surface area contributed by atoms with Crippen molar-refractivity contribution in [3.05, 3.63) is 23.8 Å². The van der Waals surface area contributed by atoms with Crippen LogP contribution >= 0.6 is 0 Å². The van der Waals surface area contributed by atoms with Crippen molar-refractivity contribution in [2.45, 2.75) is 37.3 Å². The molecule has 1 fully saturated rings. The highest BCUT2D eigenvalue weighted by Crippen LogP contribution is 2.32. The summed E-state index contributed by atoms with van der Waals surface area (Å²) in [5, 5.41) is 38.5. The third-order valence-electron chi connectivity index (χ3n) is 3.74. The second-order valence-corrected chi connectivity index (χ2v) is 5.16. The molecule has 1 aliphatic rings. The first kappa shape index (κ1) is 17.9. The molecule has 0 aromatic heterocycles. The van der Waals surface area contributed by atoms with Crippen molar-refractivity contribution in [2.75, 3.05) is 20.8 Å². The number of benzene rings is 1. The number of para-hydroxylation sites is 1. The molecule has 0 amide bonds. The molecule has 4 N–H and O–H groups in total. The molecule has 8 nitrogen and oxygen atoms in total. The Hall–Kier alpha value is -1.42. The van der Waals surface area contributed by atoms with Gasteiger partial charge in [-0.1, -0.05) is 12.1 Å². The van der Waals surface area contributed by atoms with E-state index in [0.29, 0.717) is 17.1 Å². The van der Waals surface area contributed by atoms with Gasteiger partial charge in [-0.05, 0) is 6.07 Å². The Labute approximate surface area is 133 Å². The number of aliphatic hydroxyl groups is 4. The minimum Gasteiger partial charge on any atom is -0.493 e. The van der Waals surface area contributed by atoms with Crippen LogP contribution in [0.15, 0.2) is 18.2 Å². The van der Waals surface area contributed by atoms with E-state index >= 15 is 0 Å². The molecular formula is C15H22O8. The van der Waals surface area contributed by atoms with Gasteiger partial charge in [-0.15, -0.1) is 0 Å². The van der Waals surface area contributed by atoms with Gasteiger partial charge < -0.3 is 39.4 Å². The maximum atomic E-state index is 9.93. The summed E-state index contributed by atoms with van der Waals surface area (Å²) in [4.78, 5) is 0. The van der Waals surface area contributed by atoms with E-state index in [9.17, 15) is 15.3 Å². The highest BCUT2D eigenvalue weighted by atomic mass is 16.7. The lowest BCUT2D eigenvalue weighted by Gasteiger charge is -2.39. The number of hydrogen-bond donors (Lipinski definition) is 4. The van der Waals surface area contributed by atoms with Gasteiger partial charge in [-0.3, -0.25) is 0 Å². The first-order chi connectivity index (χ1) is 11.0. The Bertz CT molecular complexity index is 506. The van der Waals surface area contributed by atoms with Crippen LogP contribution < -0.4 is 9.47 Å². The summed E-state index contributed by atoms with van der Waals surface area (Å²) in [5.74, 6) is 1.02. The molecule has 0 unspecified atom stereocenters. The minimum absolute atomic E-state index is 0.0169. The van der Waals surface area contributed by atoms with Crippen LogP contribution in [0.3, 0.4) is 0 Å². The largest absolute Gasteiger partial charge is 0.493 e. The Morgan fingerprint density at radius 1 is 1.04 bits per heavy atom. The van der Waals surface area contributed by atoms with Gasteiger partial charge in [0, 0.05) is 5.56 Å². The van der Waals surface area contributed by atoms with Crippen LogP contribution in [0.25, 0.3) is 0 Å². The van der Waals surface area contributed by atoms with Gasteiger partial charge >= 0.3 is 0 Å². The van der Waals surface area contributed by atoms with E-state index in [2.05, 4.69) is 0 Å². The molecule has 1 heterocycles. The van der Waals surface area contributed by atoms with Gasteiger partial charge in [0.1, 0.15) is 24.4 Å². The summed E-state index contributed by atoms with van der Waals surface area (Å²) in [7, 11) is 3.01. The summed E-state index contributed by atoms with van der Waals surface area (Å²) in [6.07, 6.45) is -6.53. The third-order valence-corrected chi connectivity index (χ3v) is 3.74. The number of aliphatic hydroxyl groups excluding tert-OH is 4. The first-order valence-corrected chi connectivity index (χ1v) is 7.15. The first-order valence-electron chi connectivity index (χ1n) is 7.15. The molecule has 0 saturated carbocycles. The van der Waals surface area contributed by atoms with E-state index in [4.69, 9.17) is 24.1 Å². The maximum absolute atomic E-state index is 9.93. The van der Waals surface area contributed by atoms with Crippen molar-refractivity contribution in [1.29, 1.82) is 0 Å². The Balaban J connectivity index is 2.08. The second-order valence-electron chi connectivity index (χ2n) is 5.16. The van der Waals surface area contributed by atoms with Gasteiger partial charge in [0.25, 0.3) is 0 Å². The standard InChI is InChI=1S/C15H22O8/c1-20-9-5-3-4-8(14(9)21-2)7-22-15-13(19)12(18)11(17)10(6-16)23-15/h3-5,10-13,15-19H,6-7H2,1-2H3/t10-,11-,12+,13-,15-/m1/s1. The predicted octanol–water partition coefficient (Wildman–Crippen LogP) is -0.980. The quantitative estimate of drug-likeness (QED) is 0.526. The molecule has 2 rings (SSSR count). The van der Waals surface area contributed by atoms with Gasteiger partial charge in [0.2, 0.25) is 0 Å². The van der Waals surface area contributed by atoms with Gasteiger partial charge in [-0.25, -0.2) is 0 Å². The van der Waals surface area contributed by atoms with Crippen molar-refractivity contribution in [1.82, 2.24) is 0 Å². The molecule has 1 aromatic rings. The fraction of sp³-hybridized carbons (Fsp3) is 0.600. The number of hydrogen-bond acceptors (Lipinski definition) is 8. The van der Waals surface area contributed by atoms with Crippen molar-refractivity contribution in [3.63, 3.8) is 0 Å². The van der Waals surface area contributed by atoms with Gasteiger partial charge in [0.05, 0.1) is 27.4 Å². The van der Waals surface area contributed by atoms with Crippen LogP contribution in [0.4, 0.5) is 0 Å². The van der Waals surface area contributed by atoms with E-state index in [-0.39, 0.29) is 6.61 Å². The smallest absolute Gasteiger partial charge is 0.187 e. The molecule has 0 spiro atoms. The van der Waals surface area contributed by atoms with Crippen molar-refractivity contribution >= 4 is 0 Å². The van der Waals surface area contributed by atoms with Crippen LogP contribution in [0.2, 0.25) is 0 Å². The Morgan fingerprint density at radius 3 is 2.39 bits per heavy atom. The summed E-state index contributed by atoms with van der Waals surface area (Å²) >= 11 is 0. The van der Waals surface area contributed by atoms with E-state index in [1.807, 2.05) is 0 Å². The van der Waals surface area contributed by atoms with Crippen LogP contribution in [0, 0.1) is 0 Å². The van der Waals surface area contributed by atoms with Crippen LogP contribution in [0.1, 0.15) is 5.56 Å². The molecule has 1 aliphatic heterocycles. The van der Waals surface area contributed by atoms with Crippen molar-refractivity contribution < 1.29 is 39.4 Å². The summed E-state index contributed by atoms with van der Waals surface area (Å²) in [5.41, 5.74) is 0.656. The zero-order chi connectivity index (χ0) is 17.0. The third kappa shape index (κ3) is 3.74. The zero-order valence-corrected chi connectivity index (χ0v) is 13.0. The van der Waals surface area contributed by atoms with Crippen LogP contribution in [0.5, 0.6) is 11.5 Å². The lowest BCUT2D eigenvalue weighted by molar-refractivity contribution is -0.304. The van der Waals surface area contributed by atoms with E-state index < -0.39 is 37.3 Å². The van der Waals surface area contributed by atoms with Gasteiger partial charge in [0.15, 0.2) is 17.8 Å². The fourth-order valence-electron chi connectivity index (χ4n) is 2.44. The summed E-state index contributed by atoms with van der Waals surface area (Å²) < 4.78 is 21.2. The maximum Gasteiger partial charge on any atom is 0.187 e. The fourth-order valence-corrected chi connectivity index (χ4v) is 2.44. The molecule has 23 heavy (non-hydrogen) atoms. The highest BCUT2D eigenvalue weighted by molar-refractivity contribution is 5.46. The molecular weight excluding hydrogens is 308 g/mol. The zero-order valence-electron chi connectivity index (χ0n) is 13.0. The average molecular weight is 330 g/mol. The molecule has 1 saturated heterocycles. The van der Waals surface area contributed by atoms with Crippen LogP contribution in [-0.4, -0.2) is 72.0 Å². The molecule has 0 aliphatic carbocycles. The molecule has 8 heteroatoms. The average Bonchev–Trinajstić information content (AvgIpc) is 2.58.